The van der Waals surface area contributed by atoms with E-state index in [-0.39, 0.29) is 23.8 Å². The van der Waals surface area contributed by atoms with Crippen LogP contribution in [0, 0.1) is 19.8 Å². The van der Waals surface area contributed by atoms with Gasteiger partial charge in [0.1, 0.15) is 0 Å². The van der Waals surface area contributed by atoms with Crippen LogP contribution < -0.4 is 10.6 Å². The Bertz CT molecular complexity index is 1140. The molecule has 2 aromatic heterocycles. The van der Waals surface area contributed by atoms with Crippen LogP contribution in [-0.4, -0.2) is 26.6 Å². The van der Waals surface area contributed by atoms with Crippen molar-refractivity contribution in [3.8, 4) is 0 Å². The molecule has 32 heavy (non-hydrogen) atoms. The zero-order valence-electron chi connectivity index (χ0n) is 19.2. The number of fused-ring (bicyclic) bond motifs is 1. The first-order valence-electron chi connectivity index (χ1n) is 11.3. The molecule has 1 fully saturated rings. The smallest absolute Gasteiger partial charge is 0.227 e. The highest BCUT2D eigenvalue weighted by atomic mass is 16.2. The van der Waals surface area contributed by atoms with Gasteiger partial charge in [0.15, 0.2) is 5.65 Å². The summed E-state index contributed by atoms with van der Waals surface area (Å²) in [6, 6.07) is 7.88. The molecule has 0 bridgehead atoms. The average molecular weight is 434 g/mol. The first-order valence-corrected chi connectivity index (χ1v) is 11.3. The van der Waals surface area contributed by atoms with Crippen molar-refractivity contribution in [3.63, 3.8) is 0 Å². The van der Waals surface area contributed by atoms with Crippen molar-refractivity contribution in [2.24, 2.45) is 5.92 Å². The number of anilines is 1. The number of hydrogen-bond acceptors (Lipinski definition) is 4. The van der Waals surface area contributed by atoms with E-state index in [2.05, 4.69) is 36.5 Å². The second-order valence-electron chi connectivity index (χ2n) is 8.96. The standard InChI is InChI=1S/C25H31N5O2/c1-15(2)30-24-22(14-27-30)16(3)21(17(4)28-24)11-12-23(31)26-13-18-5-9-20(10-6-18)29-25(32)19-7-8-19/h5-6,9-10,14-15,19H,7-8,11-13H2,1-4H3,(H,26,31)(H,29,32). The van der Waals surface area contributed by atoms with Gasteiger partial charge in [-0.25, -0.2) is 9.67 Å². The normalized spacial score (nSPS) is 13.5. The molecule has 168 valence electrons. The highest BCUT2D eigenvalue weighted by Crippen LogP contribution is 2.30. The molecule has 2 N–H and O–H groups in total. The van der Waals surface area contributed by atoms with Gasteiger partial charge in [-0.2, -0.15) is 5.10 Å². The van der Waals surface area contributed by atoms with Crippen LogP contribution >= 0.6 is 0 Å². The molecule has 1 aliphatic rings. The van der Waals surface area contributed by atoms with Gasteiger partial charge in [-0.3, -0.25) is 9.59 Å². The van der Waals surface area contributed by atoms with Crippen LogP contribution in [0.2, 0.25) is 0 Å². The van der Waals surface area contributed by atoms with Gasteiger partial charge in [0, 0.05) is 41.7 Å². The summed E-state index contributed by atoms with van der Waals surface area (Å²) in [6.07, 6.45) is 4.90. The van der Waals surface area contributed by atoms with Gasteiger partial charge in [-0.05, 0) is 75.8 Å². The molecule has 1 saturated carbocycles. The molecule has 3 aromatic rings. The van der Waals surface area contributed by atoms with Crippen LogP contribution in [-0.2, 0) is 22.6 Å². The van der Waals surface area contributed by atoms with Crippen molar-refractivity contribution in [1.29, 1.82) is 0 Å². The summed E-state index contributed by atoms with van der Waals surface area (Å²) in [5, 5.41) is 11.4. The Morgan fingerprint density at radius 1 is 1.16 bits per heavy atom. The van der Waals surface area contributed by atoms with E-state index in [9.17, 15) is 9.59 Å². The molecule has 0 spiro atoms. The molecule has 7 heteroatoms. The summed E-state index contributed by atoms with van der Waals surface area (Å²) in [6.45, 7) is 8.73. The highest BCUT2D eigenvalue weighted by Gasteiger charge is 2.29. The number of amides is 2. The maximum atomic E-state index is 12.5. The Hall–Kier alpha value is -3.22. The Kier molecular flexibility index (Phi) is 6.26. The second kappa shape index (κ2) is 9.10. The van der Waals surface area contributed by atoms with E-state index in [1.54, 1.807) is 0 Å². The Balaban J connectivity index is 1.32. The minimum atomic E-state index is 0.00730. The largest absolute Gasteiger partial charge is 0.352 e. The molecule has 1 aromatic carbocycles. The van der Waals surface area contributed by atoms with Gasteiger partial charge < -0.3 is 10.6 Å². The molecular weight excluding hydrogens is 402 g/mol. The van der Waals surface area contributed by atoms with Gasteiger partial charge in [0.2, 0.25) is 11.8 Å². The third-order valence-corrected chi connectivity index (χ3v) is 6.09. The van der Waals surface area contributed by atoms with E-state index in [1.807, 2.05) is 42.1 Å². The number of benzene rings is 1. The summed E-state index contributed by atoms with van der Waals surface area (Å²) in [5.41, 5.74) is 5.92. The van der Waals surface area contributed by atoms with Crippen LogP contribution in [0.5, 0.6) is 0 Å². The minimum absolute atomic E-state index is 0.00730. The Labute approximate surface area is 188 Å². The topological polar surface area (TPSA) is 88.9 Å². The lowest BCUT2D eigenvalue weighted by molar-refractivity contribution is -0.121. The maximum absolute atomic E-state index is 12.5. The number of rotatable bonds is 8. The SMILES string of the molecule is Cc1nc2c(cnn2C(C)C)c(C)c1CCC(=O)NCc1ccc(NC(=O)C2CC2)cc1. The molecule has 0 radical (unpaired) electrons. The van der Waals surface area contributed by atoms with E-state index in [4.69, 9.17) is 4.98 Å². The molecule has 0 unspecified atom stereocenters. The number of pyridine rings is 1. The number of nitrogens with zero attached hydrogens (tertiary/aromatic N) is 3. The molecule has 0 saturated heterocycles. The summed E-state index contributed by atoms with van der Waals surface area (Å²) in [4.78, 5) is 29.1. The predicted molar refractivity (Wildman–Crippen MR) is 125 cm³/mol. The summed E-state index contributed by atoms with van der Waals surface area (Å²) >= 11 is 0. The van der Waals surface area contributed by atoms with Crippen LogP contribution in [0.4, 0.5) is 5.69 Å². The fourth-order valence-corrected chi connectivity index (χ4v) is 3.96. The van der Waals surface area contributed by atoms with E-state index in [0.29, 0.717) is 19.4 Å². The maximum Gasteiger partial charge on any atom is 0.227 e. The molecule has 0 atom stereocenters. The first-order chi connectivity index (χ1) is 15.3. The van der Waals surface area contributed by atoms with Crippen LogP contribution in [0.1, 0.15) is 61.5 Å². The van der Waals surface area contributed by atoms with Crippen molar-refractivity contribution >= 4 is 28.5 Å². The first kappa shape index (κ1) is 22.0. The zero-order valence-corrected chi connectivity index (χ0v) is 19.2. The van der Waals surface area contributed by atoms with Crippen molar-refractivity contribution in [1.82, 2.24) is 20.1 Å². The number of hydrogen-bond donors (Lipinski definition) is 2. The summed E-state index contributed by atoms with van der Waals surface area (Å²) in [7, 11) is 0. The van der Waals surface area contributed by atoms with Crippen molar-refractivity contribution in [3.05, 3.63) is 52.8 Å². The zero-order chi connectivity index (χ0) is 22.8. The fraction of sp³-hybridized carbons (Fsp3) is 0.440. The molecule has 4 rings (SSSR count). The highest BCUT2D eigenvalue weighted by molar-refractivity contribution is 5.94. The van der Waals surface area contributed by atoms with Crippen molar-refractivity contribution in [2.45, 2.75) is 66.0 Å². The van der Waals surface area contributed by atoms with Crippen molar-refractivity contribution < 1.29 is 9.59 Å². The van der Waals surface area contributed by atoms with Gasteiger partial charge in [0.25, 0.3) is 0 Å². The third-order valence-electron chi connectivity index (χ3n) is 6.09. The monoisotopic (exact) mass is 433 g/mol. The number of carbonyl (C=O) groups is 2. The number of aryl methyl sites for hydroxylation is 2. The average Bonchev–Trinajstić information content (AvgIpc) is 3.52. The summed E-state index contributed by atoms with van der Waals surface area (Å²) < 4.78 is 1.94. The Morgan fingerprint density at radius 2 is 1.88 bits per heavy atom. The molecule has 7 nitrogen and oxygen atoms in total. The van der Waals surface area contributed by atoms with Gasteiger partial charge in [-0.1, -0.05) is 12.1 Å². The Morgan fingerprint density at radius 3 is 2.53 bits per heavy atom. The van der Waals surface area contributed by atoms with Gasteiger partial charge in [-0.15, -0.1) is 0 Å². The summed E-state index contributed by atoms with van der Waals surface area (Å²) in [5.74, 6) is 0.289. The van der Waals surface area contributed by atoms with E-state index >= 15 is 0 Å². The van der Waals surface area contributed by atoms with Crippen LogP contribution in [0.3, 0.4) is 0 Å². The lowest BCUT2D eigenvalue weighted by Crippen LogP contribution is -2.23. The minimum Gasteiger partial charge on any atom is -0.352 e. The van der Waals surface area contributed by atoms with Crippen molar-refractivity contribution in [2.75, 3.05) is 5.32 Å². The number of aromatic nitrogens is 3. The quantitative estimate of drug-likeness (QED) is 0.556. The predicted octanol–water partition coefficient (Wildman–Crippen LogP) is 4.23. The van der Waals surface area contributed by atoms with E-state index in [1.165, 1.54) is 0 Å². The molecule has 0 aliphatic heterocycles. The van der Waals surface area contributed by atoms with E-state index < -0.39 is 0 Å². The lowest BCUT2D eigenvalue weighted by atomic mass is 10.0. The molecule has 2 heterocycles. The van der Waals surface area contributed by atoms with Gasteiger partial charge >= 0.3 is 0 Å². The molecular formula is C25H31N5O2. The van der Waals surface area contributed by atoms with Crippen LogP contribution in [0.25, 0.3) is 11.0 Å². The molecule has 1 aliphatic carbocycles. The number of nitrogens with one attached hydrogen (secondary N) is 2. The number of carbonyl (C=O) groups excluding carboxylic acids is 2. The third kappa shape index (κ3) is 4.82. The fourth-order valence-electron chi connectivity index (χ4n) is 3.96. The van der Waals surface area contributed by atoms with E-state index in [0.717, 1.165) is 51.9 Å². The van der Waals surface area contributed by atoms with Crippen LogP contribution in [0.15, 0.2) is 30.5 Å². The second-order valence-corrected chi connectivity index (χ2v) is 8.96. The molecule has 2 amide bonds. The van der Waals surface area contributed by atoms with Gasteiger partial charge in [0.05, 0.1) is 6.20 Å². The lowest BCUT2D eigenvalue weighted by Gasteiger charge is -2.13.